The van der Waals surface area contributed by atoms with Gasteiger partial charge in [0, 0.05) is 32.7 Å². The third-order valence-corrected chi connectivity index (χ3v) is 4.38. The summed E-state index contributed by atoms with van der Waals surface area (Å²) in [7, 11) is 0. The molecule has 5 nitrogen and oxygen atoms in total. The fraction of sp³-hybridized carbons (Fsp3) is 0.929. The van der Waals surface area contributed by atoms with E-state index in [4.69, 9.17) is 5.11 Å². The van der Waals surface area contributed by atoms with E-state index < -0.39 is 0 Å². The van der Waals surface area contributed by atoms with Crippen molar-refractivity contribution < 1.29 is 9.90 Å². The summed E-state index contributed by atoms with van der Waals surface area (Å²) in [5.74, 6) is 1.09. The second-order valence-corrected chi connectivity index (χ2v) is 5.90. The average Bonchev–Trinajstić information content (AvgIpc) is 2.42. The average molecular weight is 269 g/mol. The molecule has 0 unspecified atom stereocenters. The third-order valence-electron chi connectivity index (χ3n) is 4.38. The first-order valence-corrected chi connectivity index (χ1v) is 7.52. The van der Waals surface area contributed by atoms with E-state index in [9.17, 15) is 4.79 Å². The molecule has 2 saturated heterocycles. The molecule has 2 heterocycles. The van der Waals surface area contributed by atoms with Crippen LogP contribution in [0.1, 0.15) is 19.8 Å². The van der Waals surface area contributed by atoms with Crippen molar-refractivity contribution >= 4 is 5.91 Å². The molecule has 0 radical (unpaired) electrons. The lowest BCUT2D eigenvalue weighted by Crippen LogP contribution is -2.52. The number of carbonyl (C=O) groups is 1. The zero-order chi connectivity index (χ0) is 13.7. The van der Waals surface area contributed by atoms with Gasteiger partial charge >= 0.3 is 0 Å². The smallest absolute Gasteiger partial charge is 0.236 e. The van der Waals surface area contributed by atoms with Gasteiger partial charge in [0.05, 0.1) is 13.2 Å². The number of carbonyl (C=O) groups excluding carboxylic acids is 1. The maximum absolute atomic E-state index is 12.2. The Labute approximate surface area is 116 Å². The Bertz CT molecular complexity index is 282. The number of hydrogen-bond donors (Lipinski definition) is 1. The van der Waals surface area contributed by atoms with Crippen LogP contribution in [-0.4, -0.2) is 84.7 Å². The number of rotatable bonds is 4. The number of aliphatic hydroxyl groups excluding tert-OH is 1. The largest absolute Gasteiger partial charge is 0.395 e. The first kappa shape index (κ1) is 14.8. The van der Waals surface area contributed by atoms with Gasteiger partial charge in [0.1, 0.15) is 0 Å². The molecule has 19 heavy (non-hydrogen) atoms. The highest BCUT2D eigenvalue weighted by atomic mass is 16.3. The highest BCUT2D eigenvalue weighted by Crippen LogP contribution is 2.16. The Balaban J connectivity index is 1.69. The maximum atomic E-state index is 12.2. The number of hydrogen-bond acceptors (Lipinski definition) is 4. The molecule has 2 fully saturated rings. The second kappa shape index (κ2) is 7.22. The monoisotopic (exact) mass is 269 g/mol. The molecule has 2 aliphatic heterocycles. The van der Waals surface area contributed by atoms with Crippen molar-refractivity contribution in [3.8, 4) is 0 Å². The van der Waals surface area contributed by atoms with Crippen molar-refractivity contribution in [1.29, 1.82) is 0 Å². The number of likely N-dealkylation sites (tertiary alicyclic amines) is 1. The van der Waals surface area contributed by atoms with Crippen molar-refractivity contribution in [3.05, 3.63) is 0 Å². The quantitative estimate of drug-likeness (QED) is 0.771. The van der Waals surface area contributed by atoms with E-state index in [1.165, 1.54) is 12.8 Å². The molecule has 0 spiro atoms. The number of amides is 1. The predicted molar refractivity (Wildman–Crippen MR) is 74.9 cm³/mol. The number of nitrogens with zero attached hydrogens (tertiary/aromatic N) is 3. The van der Waals surface area contributed by atoms with Crippen molar-refractivity contribution in [3.63, 3.8) is 0 Å². The van der Waals surface area contributed by atoms with Crippen molar-refractivity contribution in [2.75, 3.05) is 59.0 Å². The van der Waals surface area contributed by atoms with Gasteiger partial charge in [-0.25, -0.2) is 0 Å². The molecule has 5 heteroatoms. The molecular weight excluding hydrogens is 242 g/mol. The Kier molecular flexibility index (Phi) is 5.60. The Morgan fingerprint density at radius 1 is 1.05 bits per heavy atom. The molecule has 1 amide bonds. The minimum absolute atomic E-state index is 0.208. The fourth-order valence-electron chi connectivity index (χ4n) is 2.87. The lowest BCUT2D eigenvalue weighted by atomic mass is 9.99. The van der Waals surface area contributed by atoms with E-state index in [1.54, 1.807) is 0 Å². The number of β-amino-alcohol motifs (C(OH)–C–C–N with tert-alkyl or cyclic N) is 1. The van der Waals surface area contributed by atoms with Gasteiger partial charge in [0.25, 0.3) is 0 Å². The summed E-state index contributed by atoms with van der Waals surface area (Å²) in [6.45, 7) is 9.35. The Hall–Kier alpha value is -0.650. The van der Waals surface area contributed by atoms with Crippen LogP contribution in [-0.2, 0) is 4.79 Å². The molecule has 0 aliphatic carbocycles. The lowest BCUT2D eigenvalue weighted by molar-refractivity contribution is -0.134. The summed E-state index contributed by atoms with van der Waals surface area (Å²) in [5, 5.41) is 8.90. The maximum Gasteiger partial charge on any atom is 0.236 e. The second-order valence-electron chi connectivity index (χ2n) is 5.90. The van der Waals surface area contributed by atoms with Crippen LogP contribution in [0.5, 0.6) is 0 Å². The summed E-state index contributed by atoms with van der Waals surface area (Å²) in [4.78, 5) is 18.7. The van der Waals surface area contributed by atoms with Gasteiger partial charge in [0.15, 0.2) is 0 Å². The van der Waals surface area contributed by atoms with Gasteiger partial charge in [-0.2, -0.15) is 0 Å². The normalized spacial score (nSPS) is 23.8. The summed E-state index contributed by atoms with van der Waals surface area (Å²) in [6.07, 6.45) is 2.44. The summed E-state index contributed by atoms with van der Waals surface area (Å²) >= 11 is 0. The van der Waals surface area contributed by atoms with E-state index in [0.717, 1.165) is 51.7 Å². The molecule has 0 saturated carbocycles. The Morgan fingerprint density at radius 2 is 1.68 bits per heavy atom. The molecule has 1 N–H and O–H groups in total. The van der Waals surface area contributed by atoms with Gasteiger partial charge in [-0.05, 0) is 31.8 Å². The lowest BCUT2D eigenvalue weighted by Gasteiger charge is -2.36. The SMILES string of the molecule is CC1CCN(CC(=O)N2CCN(CCO)CC2)CC1. The van der Waals surface area contributed by atoms with E-state index in [1.807, 2.05) is 4.90 Å². The topological polar surface area (TPSA) is 47.0 Å². The van der Waals surface area contributed by atoms with Crippen molar-refractivity contribution in [1.82, 2.24) is 14.7 Å². The number of aliphatic hydroxyl groups is 1. The molecular formula is C14H27N3O2. The van der Waals surface area contributed by atoms with Crippen LogP contribution in [0.3, 0.4) is 0 Å². The van der Waals surface area contributed by atoms with Crippen LogP contribution in [0.15, 0.2) is 0 Å². The summed E-state index contributed by atoms with van der Waals surface area (Å²) in [6, 6.07) is 0. The van der Waals surface area contributed by atoms with Crippen LogP contribution >= 0.6 is 0 Å². The van der Waals surface area contributed by atoms with E-state index in [2.05, 4.69) is 16.7 Å². The van der Waals surface area contributed by atoms with Crippen molar-refractivity contribution in [2.24, 2.45) is 5.92 Å². The zero-order valence-corrected chi connectivity index (χ0v) is 12.1. The fourth-order valence-corrected chi connectivity index (χ4v) is 2.87. The standard InChI is InChI=1S/C14H27N3O2/c1-13-2-4-16(5-3-13)12-14(19)17-8-6-15(7-9-17)10-11-18/h13,18H,2-12H2,1H3. The summed E-state index contributed by atoms with van der Waals surface area (Å²) in [5.41, 5.74) is 0. The third kappa shape index (κ3) is 4.44. The van der Waals surface area contributed by atoms with Gasteiger partial charge in [-0.3, -0.25) is 14.6 Å². The minimum atomic E-state index is 0.208. The van der Waals surface area contributed by atoms with Crippen LogP contribution < -0.4 is 0 Å². The highest BCUT2D eigenvalue weighted by Gasteiger charge is 2.24. The van der Waals surface area contributed by atoms with Crippen LogP contribution in [0.2, 0.25) is 0 Å². The van der Waals surface area contributed by atoms with Crippen molar-refractivity contribution in [2.45, 2.75) is 19.8 Å². The van der Waals surface area contributed by atoms with E-state index in [0.29, 0.717) is 6.54 Å². The summed E-state index contributed by atoms with van der Waals surface area (Å²) < 4.78 is 0. The van der Waals surface area contributed by atoms with E-state index in [-0.39, 0.29) is 12.5 Å². The molecule has 0 bridgehead atoms. The van der Waals surface area contributed by atoms with Gasteiger partial charge in [-0.15, -0.1) is 0 Å². The zero-order valence-electron chi connectivity index (χ0n) is 12.1. The first-order valence-electron chi connectivity index (χ1n) is 7.52. The molecule has 0 atom stereocenters. The first-order chi connectivity index (χ1) is 9.19. The molecule has 0 aromatic heterocycles. The van der Waals surface area contributed by atoms with Crippen LogP contribution in [0.25, 0.3) is 0 Å². The number of piperazine rings is 1. The molecule has 110 valence electrons. The van der Waals surface area contributed by atoms with Gasteiger partial charge in [0.2, 0.25) is 5.91 Å². The number of piperidine rings is 1. The molecule has 2 rings (SSSR count). The predicted octanol–water partition coefficient (Wildman–Crippen LogP) is -0.145. The van der Waals surface area contributed by atoms with Crippen LogP contribution in [0.4, 0.5) is 0 Å². The molecule has 0 aromatic rings. The van der Waals surface area contributed by atoms with Gasteiger partial charge < -0.3 is 10.0 Å². The molecule has 0 aromatic carbocycles. The Morgan fingerprint density at radius 3 is 2.26 bits per heavy atom. The van der Waals surface area contributed by atoms with Crippen LogP contribution in [0, 0.1) is 5.92 Å². The van der Waals surface area contributed by atoms with E-state index >= 15 is 0 Å². The molecule has 2 aliphatic rings. The van der Waals surface area contributed by atoms with Gasteiger partial charge in [-0.1, -0.05) is 6.92 Å². The minimum Gasteiger partial charge on any atom is -0.395 e. The highest BCUT2D eigenvalue weighted by molar-refractivity contribution is 5.78.